The summed E-state index contributed by atoms with van der Waals surface area (Å²) in [5.74, 6) is 1.41. The van der Waals surface area contributed by atoms with Gasteiger partial charge in [-0.1, -0.05) is 31.5 Å². The van der Waals surface area contributed by atoms with Gasteiger partial charge in [0, 0.05) is 24.2 Å². The Bertz CT molecular complexity index is 1290. The van der Waals surface area contributed by atoms with Crippen molar-refractivity contribution in [3.8, 4) is 0 Å². The Morgan fingerprint density at radius 1 is 1.20 bits per heavy atom. The second-order valence-corrected chi connectivity index (χ2v) is 9.35. The van der Waals surface area contributed by atoms with Crippen LogP contribution in [0.1, 0.15) is 56.1 Å². The van der Waals surface area contributed by atoms with Crippen molar-refractivity contribution in [2.45, 2.75) is 57.5 Å². The minimum absolute atomic E-state index is 0.0950. The average molecular weight is 475 g/mol. The van der Waals surface area contributed by atoms with Crippen LogP contribution in [0, 0.1) is 0 Å². The number of hydrogen-bond acceptors (Lipinski definition) is 8. The maximum absolute atomic E-state index is 9.51. The van der Waals surface area contributed by atoms with E-state index in [9.17, 15) is 5.11 Å². The molecular formula is C26H34N8O. The Morgan fingerprint density at radius 2 is 2.06 bits per heavy atom. The summed E-state index contributed by atoms with van der Waals surface area (Å²) in [6.45, 7) is 4.90. The molecule has 5 N–H and O–H groups in total. The number of anilines is 2. The van der Waals surface area contributed by atoms with Gasteiger partial charge in [0.1, 0.15) is 11.0 Å². The molecule has 3 aromatic heterocycles. The second kappa shape index (κ2) is 10.5. The van der Waals surface area contributed by atoms with Gasteiger partial charge in [0.25, 0.3) is 0 Å². The number of rotatable bonds is 9. The summed E-state index contributed by atoms with van der Waals surface area (Å²) in [6.07, 6.45) is 8.45. The minimum atomic E-state index is 0.0950. The molecule has 184 valence electrons. The molecule has 1 aromatic carbocycles. The van der Waals surface area contributed by atoms with E-state index in [1.54, 1.807) is 6.20 Å². The zero-order chi connectivity index (χ0) is 24.2. The number of nitrogen functional groups attached to an aromatic ring is 1. The van der Waals surface area contributed by atoms with Gasteiger partial charge in [-0.15, -0.1) is 0 Å². The fourth-order valence-corrected chi connectivity index (χ4v) is 5.25. The quantitative estimate of drug-likeness (QED) is 0.291. The second-order valence-electron chi connectivity index (χ2n) is 9.35. The molecule has 0 amide bonds. The molecule has 9 nitrogen and oxygen atoms in total. The molecule has 1 fully saturated rings. The lowest BCUT2D eigenvalue weighted by atomic mass is 9.87. The van der Waals surface area contributed by atoms with E-state index in [0.29, 0.717) is 30.2 Å². The average Bonchev–Trinajstić information content (AvgIpc) is 3.27. The van der Waals surface area contributed by atoms with Crippen molar-refractivity contribution in [3.05, 3.63) is 47.8 Å². The van der Waals surface area contributed by atoms with Gasteiger partial charge in [-0.3, -0.25) is 9.67 Å². The highest BCUT2D eigenvalue weighted by molar-refractivity contribution is 5.88. The molecule has 0 aliphatic carbocycles. The highest BCUT2D eigenvalue weighted by atomic mass is 16.3. The van der Waals surface area contributed by atoms with E-state index < -0.39 is 0 Å². The zero-order valence-corrected chi connectivity index (χ0v) is 20.2. The number of aliphatic hydroxyl groups is 1. The summed E-state index contributed by atoms with van der Waals surface area (Å²) in [5.41, 5.74) is 11.0. The van der Waals surface area contributed by atoms with E-state index in [-0.39, 0.29) is 18.6 Å². The Balaban J connectivity index is 1.53. The van der Waals surface area contributed by atoms with E-state index in [2.05, 4.69) is 50.8 Å². The van der Waals surface area contributed by atoms with Crippen molar-refractivity contribution >= 4 is 33.7 Å². The normalized spacial score (nSPS) is 15.6. The molecule has 5 rings (SSSR count). The molecular weight excluding hydrogens is 440 g/mol. The largest absolute Gasteiger partial charge is 0.396 e. The molecule has 35 heavy (non-hydrogen) atoms. The smallest absolute Gasteiger partial charge is 0.222 e. The first-order valence-corrected chi connectivity index (χ1v) is 12.6. The standard InChI is InChI=1S/C26H34N8O/c1-2-4-19(10-14-35)31-25-24-22(32-26(27)33-25)15-30-34(24)16-18-6-7-20(17-8-12-28-13-9-17)21-5-3-11-29-23(18)21/h3,5-7,11,15,17,19,28,35H,2,4,8-10,12-14,16H2,1H3,(H3,27,31,32,33). The molecule has 1 unspecified atom stereocenters. The monoisotopic (exact) mass is 474 g/mol. The third kappa shape index (κ3) is 4.92. The summed E-state index contributed by atoms with van der Waals surface area (Å²) < 4.78 is 1.92. The van der Waals surface area contributed by atoms with Crippen molar-refractivity contribution in [3.63, 3.8) is 0 Å². The van der Waals surface area contributed by atoms with Gasteiger partial charge < -0.3 is 21.5 Å². The van der Waals surface area contributed by atoms with Gasteiger partial charge in [-0.2, -0.15) is 10.1 Å². The van der Waals surface area contributed by atoms with Crippen molar-refractivity contribution in [1.29, 1.82) is 0 Å². The third-order valence-corrected chi connectivity index (χ3v) is 6.95. The van der Waals surface area contributed by atoms with Crippen LogP contribution in [0.4, 0.5) is 11.8 Å². The van der Waals surface area contributed by atoms with Crippen LogP contribution in [0.2, 0.25) is 0 Å². The molecule has 0 saturated carbocycles. The van der Waals surface area contributed by atoms with Gasteiger partial charge in [0.15, 0.2) is 5.82 Å². The van der Waals surface area contributed by atoms with E-state index in [1.165, 1.54) is 10.9 Å². The number of aromatic nitrogens is 5. The van der Waals surface area contributed by atoms with Crippen LogP contribution in [0.3, 0.4) is 0 Å². The van der Waals surface area contributed by atoms with Gasteiger partial charge in [0.2, 0.25) is 5.95 Å². The molecule has 1 aliphatic rings. The Hall–Kier alpha value is -3.30. The number of fused-ring (bicyclic) bond motifs is 2. The number of piperidine rings is 1. The maximum Gasteiger partial charge on any atom is 0.222 e. The lowest BCUT2D eigenvalue weighted by Gasteiger charge is -2.24. The molecule has 4 aromatic rings. The van der Waals surface area contributed by atoms with Crippen LogP contribution in [0.25, 0.3) is 21.9 Å². The fourth-order valence-electron chi connectivity index (χ4n) is 5.25. The van der Waals surface area contributed by atoms with Crippen molar-refractivity contribution < 1.29 is 5.11 Å². The van der Waals surface area contributed by atoms with Crippen LogP contribution in [0.15, 0.2) is 36.7 Å². The molecule has 0 bridgehead atoms. The van der Waals surface area contributed by atoms with Crippen molar-refractivity contribution in [2.24, 2.45) is 0 Å². The minimum Gasteiger partial charge on any atom is -0.396 e. The molecule has 0 spiro atoms. The van der Waals surface area contributed by atoms with Gasteiger partial charge in [-0.05, 0) is 61.9 Å². The number of nitrogens with zero attached hydrogens (tertiary/aromatic N) is 5. The first kappa shape index (κ1) is 23.4. The highest BCUT2D eigenvalue weighted by Crippen LogP contribution is 2.33. The zero-order valence-electron chi connectivity index (χ0n) is 20.2. The number of benzene rings is 1. The number of nitrogens with one attached hydrogen (secondary N) is 2. The maximum atomic E-state index is 9.51. The van der Waals surface area contributed by atoms with E-state index in [4.69, 9.17) is 10.7 Å². The van der Waals surface area contributed by atoms with E-state index >= 15 is 0 Å². The first-order chi connectivity index (χ1) is 17.2. The first-order valence-electron chi connectivity index (χ1n) is 12.6. The summed E-state index contributed by atoms with van der Waals surface area (Å²) in [6, 6.07) is 8.77. The van der Waals surface area contributed by atoms with Gasteiger partial charge in [-0.25, -0.2) is 4.98 Å². The molecule has 1 saturated heterocycles. The SMILES string of the molecule is CCCC(CCO)Nc1nc(N)nc2cnn(Cc3ccc(C4CCNCC4)c4cccnc34)c12. The van der Waals surface area contributed by atoms with E-state index in [1.807, 2.05) is 16.9 Å². The highest BCUT2D eigenvalue weighted by Gasteiger charge is 2.20. The lowest BCUT2D eigenvalue weighted by Crippen LogP contribution is -2.26. The van der Waals surface area contributed by atoms with Crippen molar-refractivity contribution in [1.82, 2.24) is 30.0 Å². The van der Waals surface area contributed by atoms with Crippen molar-refractivity contribution in [2.75, 3.05) is 30.7 Å². The number of aliphatic hydroxyl groups excluding tert-OH is 1. The lowest BCUT2D eigenvalue weighted by molar-refractivity contribution is 0.276. The van der Waals surface area contributed by atoms with Crippen LogP contribution in [-0.2, 0) is 6.54 Å². The van der Waals surface area contributed by atoms with Gasteiger partial charge in [0.05, 0.1) is 18.3 Å². The summed E-state index contributed by atoms with van der Waals surface area (Å²) in [7, 11) is 0. The van der Waals surface area contributed by atoms with Gasteiger partial charge >= 0.3 is 0 Å². The molecule has 1 aliphatic heterocycles. The topological polar surface area (TPSA) is 127 Å². The fraction of sp³-hybridized carbons (Fsp3) is 0.462. The van der Waals surface area contributed by atoms with Crippen LogP contribution in [0.5, 0.6) is 0 Å². The predicted molar refractivity (Wildman–Crippen MR) is 139 cm³/mol. The molecule has 1 atom stereocenters. The Labute approximate surface area is 205 Å². The summed E-state index contributed by atoms with van der Waals surface area (Å²) in [5, 5.41) is 22.3. The molecule has 9 heteroatoms. The van der Waals surface area contributed by atoms with E-state index in [0.717, 1.165) is 55.4 Å². The van der Waals surface area contributed by atoms with Crippen LogP contribution < -0.4 is 16.4 Å². The van der Waals surface area contributed by atoms with Crippen LogP contribution in [-0.4, -0.2) is 55.6 Å². The number of nitrogens with two attached hydrogens (primary N) is 1. The number of pyridine rings is 1. The number of hydrogen-bond donors (Lipinski definition) is 4. The Kier molecular flexibility index (Phi) is 7.06. The molecule has 0 radical (unpaired) electrons. The van der Waals surface area contributed by atoms with Crippen LogP contribution >= 0.6 is 0 Å². The Morgan fingerprint density at radius 3 is 2.86 bits per heavy atom. The predicted octanol–water partition coefficient (Wildman–Crippen LogP) is 3.44. The summed E-state index contributed by atoms with van der Waals surface area (Å²) in [4.78, 5) is 13.7. The molecule has 4 heterocycles. The summed E-state index contributed by atoms with van der Waals surface area (Å²) >= 11 is 0. The third-order valence-electron chi connectivity index (χ3n) is 6.95.